The van der Waals surface area contributed by atoms with Crippen molar-refractivity contribution < 1.29 is 35.9 Å². The second kappa shape index (κ2) is 10.6. The minimum Gasteiger partial charge on any atom is -0.489 e. The van der Waals surface area contributed by atoms with E-state index in [2.05, 4.69) is 10.3 Å². The van der Waals surface area contributed by atoms with Crippen LogP contribution in [-0.2, 0) is 25.5 Å². The zero-order chi connectivity index (χ0) is 26.6. The van der Waals surface area contributed by atoms with Gasteiger partial charge in [0.05, 0.1) is 11.1 Å². The summed E-state index contributed by atoms with van der Waals surface area (Å²) in [6.07, 6.45) is -8.92. The highest BCUT2D eigenvalue weighted by Crippen LogP contribution is 2.31. The van der Waals surface area contributed by atoms with Gasteiger partial charge in [0.25, 0.3) is 5.91 Å². The number of thiazole rings is 1. The van der Waals surface area contributed by atoms with Crippen LogP contribution < -0.4 is 10.1 Å². The molecule has 1 aromatic heterocycles. The van der Waals surface area contributed by atoms with Crippen molar-refractivity contribution in [1.82, 2.24) is 10.3 Å². The van der Waals surface area contributed by atoms with E-state index >= 15 is 0 Å². The van der Waals surface area contributed by atoms with Gasteiger partial charge < -0.3 is 10.1 Å². The standard InChI is InChI=1S/C26H18F6N2O2S/c27-25(28,29)19-7-1-4-16(10-19)13-33-23(35)22-15-37-24(34-22)18-6-3-9-21(12-18)36-14-17-5-2-8-20(11-17)26(30,31)32/h1-12,15H,13-14H2,(H,33,35). The Kier molecular flexibility index (Phi) is 7.53. The molecule has 0 aliphatic carbocycles. The van der Waals surface area contributed by atoms with Crippen molar-refractivity contribution in [1.29, 1.82) is 0 Å². The normalized spacial score (nSPS) is 11.8. The molecule has 4 rings (SSSR count). The topological polar surface area (TPSA) is 51.2 Å². The summed E-state index contributed by atoms with van der Waals surface area (Å²) in [5.41, 5.74) is -0.182. The van der Waals surface area contributed by atoms with Crippen molar-refractivity contribution in [3.8, 4) is 16.3 Å². The molecule has 1 heterocycles. The lowest BCUT2D eigenvalue weighted by Gasteiger charge is -2.10. The van der Waals surface area contributed by atoms with E-state index in [1.165, 1.54) is 41.0 Å². The number of nitrogens with one attached hydrogen (secondary N) is 1. The first-order valence-electron chi connectivity index (χ1n) is 10.8. The summed E-state index contributed by atoms with van der Waals surface area (Å²) in [5, 5.41) is 4.57. The van der Waals surface area contributed by atoms with Crippen molar-refractivity contribution in [2.75, 3.05) is 0 Å². The molecule has 1 N–H and O–H groups in total. The van der Waals surface area contributed by atoms with Gasteiger partial charge >= 0.3 is 12.4 Å². The Labute approximate surface area is 211 Å². The molecule has 0 saturated heterocycles. The van der Waals surface area contributed by atoms with Crippen molar-refractivity contribution in [2.45, 2.75) is 25.5 Å². The number of nitrogens with zero attached hydrogens (tertiary/aromatic N) is 1. The number of carbonyl (C=O) groups is 1. The number of hydrogen-bond acceptors (Lipinski definition) is 4. The van der Waals surface area contributed by atoms with E-state index in [9.17, 15) is 31.1 Å². The van der Waals surface area contributed by atoms with Crippen molar-refractivity contribution in [3.05, 3.63) is 106 Å². The van der Waals surface area contributed by atoms with Crippen molar-refractivity contribution in [3.63, 3.8) is 0 Å². The molecular formula is C26H18F6N2O2S. The molecule has 0 fully saturated rings. The Bertz CT molecular complexity index is 1400. The molecule has 11 heteroatoms. The van der Waals surface area contributed by atoms with Gasteiger partial charge in [0, 0.05) is 17.5 Å². The molecule has 0 aliphatic rings. The predicted octanol–water partition coefficient (Wildman–Crippen LogP) is 7.36. The number of hydrogen-bond donors (Lipinski definition) is 1. The number of rotatable bonds is 7. The molecule has 192 valence electrons. The highest BCUT2D eigenvalue weighted by atomic mass is 32.1. The number of ether oxygens (including phenoxy) is 1. The van der Waals surface area contributed by atoms with Gasteiger partial charge in [-0.1, -0.05) is 36.4 Å². The maximum absolute atomic E-state index is 12.9. The van der Waals surface area contributed by atoms with E-state index in [-0.39, 0.29) is 18.8 Å². The molecule has 0 aliphatic heterocycles. The van der Waals surface area contributed by atoms with Crippen LogP contribution in [0.15, 0.2) is 78.2 Å². The van der Waals surface area contributed by atoms with Gasteiger partial charge in [-0.05, 0) is 47.5 Å². The largest absolute Gasteiger partial charge is 0.489 e. The van der Waals surface area contributed by atoms with Gasteiger partial charge in [-0.15, -0.1) is 11.3 Å². The number of amides is 1. The summed E-state index contributed by atoms with van der Waals surface area (Å²) in [4.78, 5) is 16.8. The van der Waals surface area contributed by atoms with E-state index in [1.54, 1.807) is 24.3 Å². The van der Waals surface area contributed by atoms with Crippen LogP contribution in [-0.4, -0.2) is 10.9 Å². The maximum atomic E-state index is 12.9. The monoisotopic (exact) mass is 536 g/mol. The molecule has 0 radical (unpaired) electrons. The molecule has 0 bridgehead atoms. The zero-order valence-corrected chi connectivity index (χ0v) is 19.7. The van der Waals surface area contributed by atoms with E-state index in [0.717, 1.165) is 24.3 Å². The Morgan fingerprint density at radius 3 is 2.14 bits per heavy atom. The SMILES string of the molecule is O=C(NCc1cccc(C(F)(F)F)c1)c1csc(-c2cccc(OCc3cccc(C(F)(F)F)c3)c2)n1. The van der Waals surface area contributed by atoms with Crippen LogP contribution in [0, 0.1) is 0 Å². The Balaban J connectivity index is 1.39. The average molecular weight is 536 g/mol. The molecule has 0 spiro atoms. The highest BCUT2D eigenvalue weighted by Gasteiger charge is 2.31. The third kappa shape index (κ3) is 6.88. The average Bonchev–Trinajstić information content (AvgIpc) is 3.36. The molecule has 3 aromatic carbocycles. The lowest BCUT2D eigenvalue weighted by atomic mass is 10.1. The number of benzene rings is 3. The second-order valence-electron chi connectivity index (χ2n) is 7.93. The Morgan fingerprint density at radius 2 is 1.46 bits per heavy atom. The third-order valence-corrected chi connectivity index (χ3v) is 6.08. The first-order valence-corrected chi connectivity index (χ1v) is 11.7. The molecular weight excluding hydrogens is 518 g/mol. The number of halogens is 6. The van der Waals surface area contributed by atoms with E-state index < -0.39 is 29.4 Å². The smallest absolute Gasteiger partial charge is 0.416 e. The third-order valence-electron chi connectivity index (χ3n) is 5.18. The van der Waals surface area contributed by atoms with Crippen LogP contribution >= 0.6 is 11.3 Å². The molecule has 0 saturated carbocycles. The van der Waals surface area contributed by atoms with Crippen LogP contribution in [0.5, 0.6) is 5.75 Å². The lowest BCUT2D eigenvalue weighted by molar-refractivity contribution is -0.138. The van der Waals surface area contributed by atoms with Crippen molar-refractivity contribution in [2.24, 2.45) is 0 Å². The minimum atomic E-state index is -4.48. The van der Waals surface area contributed by atoms with Gasteiger partial charge in [0.15, 0.2) is 0 Å². The molecule has 0 unspecified atom stereocenters. The highest BCUT2D eigenvalue weighted by molar-refractivity contribution is 7.13. The minimum absolute atomic E-state index is 0.0750. The fourth-order valence-corrected chi connectivity index (χ4v) is 4.16. The Morgan fingerprint density at radius 1 is 0.838 bits per heavy atom. The predicted molar refractivity (Wildman–Crippen MR) is 126 cm³/mol. The quantitative estimate of drug-likeness (QED) is 0.251. The molecule has 4 aromatic rings. The van der Waals surface area contributed by atoms with Crippen LogP contribution in [0.25, 0.3) is 10.6 Å². The summed E-state index contributed by atoms with van der Waals surface area (Å²) >= 11 is 1.19. The van der Waals surface area contributed by atoms with E-state index in [4.69, 9.17) is 4.74 Å². The summed E-state index contributed by atoms with van der Waals surface area (Å²) in [6.45, 7) is -0.178. The number of aromatic nitrogens is 1. The molecule has 4 nitrogen and oxygen atoms in total. The molecule has 37 heavy (non-hydrogen) atoms. The summed E-state index contributed by atoms with van der Waals surface area (Å²) in [7, 11) is 0. The molecule has 1 amide bonds. The number of alkyl halides is 6. The summed E-state index contributed by atoms with van der Waals surface area (Å²) in [6, 6.07) is 16.2. The number of carbonyl (C=O) groups excluding carboxylic acids is 1. The van der Waals surface area contributed by atoms with Crippen molar-refractivity contribution >= 4 is 17.2 Å². The zero-order valence-electron chi connectivity index (χ0n) is 18.9. The molecule has 0 atom stereocenters. The lowest BCUT2D eigenvalue weighted by Crippen LogP contribution is -2.23. The van der Waals surface area contributed by atoms with Crippen LogP contribution in [0.3, 0.4) is 0 Å². The van der Waals surface area contributed by atoms with E-state index in [0.29, 0.717) is 27.4 Å². The fourth-order valence-electron chi connectivity index (χ4n) is 3.36. The van der Waals surface area contributed by atoms with Gasteiger partial charge in [0.2, 0.25) is 0 Å². The fraction of sp³-hybridized carbons (Fsp3) is 0.154. The Hall–Kier alpha value is -3.86. The second-order valence-corrected chi connectivity index (χ2v) is 8.79. The van der Waals surface area contributed by atoms with Crippen LogP contribution in [0.2, 0.25) is 0 Å². The van der Waals surface area contributed by atoms with Gasteiger partial charge in [0.1, 0.15) is 23.1 Å². The first-order chi connectivity index (χ1) is 17.5. The van der Waals surface area contributed by atoms with E-state index in [1.807, 2.05) is 0 Å². The van der Waals surface area contributed by atoms with Gasteiger partial charge in [-0.2, -0.15) is 26.3 Å². The van der Waals surface area contributed by atoms with Crippen LogP contribution in [0.1, 0.15) is 32.7 Å². The summed E-state index contributed by atoms with van der Waals surface area (Å²) in [5.74, 6) is -0.141. The first kappa shape index (κ1) is 26.2. The van der Waals surface area contributed by atoms with Gasteiger partial charge in [-0.3, -0.25) is 4.79 Å². The summed E-state index contributed by atoms with van der Waals surface area (Å²) < 4.78 is 83.0. The maximum Gasteiger partial charge on any atom is 0.416 e. The van der Waals surface area contributed by atoms with Gasteiger partial charge in [-0.25, -0.2) is 4.98 Å². The van der Waals surface area contributed by atoms with Crippen LogP contribution in [0.4, 0.5) is 26.3 Å².